The molecule has 0 fully saturated rings. The highest BCUT2D eigenvalue weighted by molar-refractivity contribution is 7.18. The van der Waals surface area contributed by atoms with E-state index < -0.39 is 23.8 Å². The van der Waals surface area contributed by atoms with E-state index in [4.69, 9.17) is 32.7 Å². The predicted molar refractivity (Wildman–Crippen MR) is 169 cm³/mol. The SMILES string of the molecule is O=C(NN=Cc1ccc(OC(=O)c2ccc(Cl)cc2)cc1OC(=O)c1ccc(Cl)cc1)C(=O)Nc1nnc(-c2ccccc2)s1. The van der Waals surface area contributed by atoms with Crippen LogP contribution in [0.15, 0.2) is 102 Å². The average molecular weight is 660 g/mol. The van der Waals surface area contributed by atoms with Gasteiger partial charge in [0.05, 0.1) is 17.3 Å². The number of carbonyl (C=O) groups is 4. The first-order valence-electron chi connectivity index (χ1n) is 12.9. The maximum atomic E-state index is 12.8. The number of aromatic nitrogens is 2. The highest BCUT2D eigenvalue weighted by Crippen LogP contribution is 2.27. The van der Waals surface area contributed by atoms with Crippen molar-refractivity contribution in [1.29, 1.82) is 0 Å². The zero-order valence-corrected chi connectivity index (χ0v) is 25.1. The van der Waals surface area contributed by atoms with Crippen LogP contribution < -0.4 is 20.2 Å². The number of rotatable bonds is 8. The van der Waals surface area contributed by atoms with Crippen LogP contribution in [0, 0.1) is 0 Å². The molecule has 0 saturated heterocycles. The maximum Gasteiger partial charge on any atom is 0.343 e. The first-order valence-corrected chi connectivity index (χ1v) is 14.5. The molecular formula is C31H19Cl2N5O6S. The number of anilines is 1. The molecule has 5 aromatic rings. The first kappa shape index (κ1) is 31.0. The second-order valence-corrected chi connectivity index (χ2v) is 10.8. The van der Waals surface area contributed by atoms with Gasteiger partial charge in [-0.1, -0.05) is 64.9 Å². The van der Waals surface area contributed by atoms with Crippen LogP contribution in [0.25, 0.3) is 10.6 Å². The molecular weight excluding hydrogens is 641 g/mol. The molecule has 1 aromatic heterocycles. The van der Waals surface area contributed by atoms with Gasteiger partial charge >= 0.3 is 23.8 Å². The number of carbonyl (C=O) groups excluding carboxylic acids is 4. The zero-order valence-electron chi connectivity index (χ0n) is 22.8. The van der Waals surface area contributed by atoms with Gasteiger partial charge in [0.2, 0.25) is 5.13 Å². The number of ether oxygens (including phenoxy) is 2. The second-order valence-electron chi connectivity index (χ2n) is 8.92. The van der Waals surface area contributed by atoms with Crippen molar-refractivity contribution in [3.05, 3.63) is 124 Å². The molecule has 1 heterocycles. The highest BCUT2D eigenvalue weighted by Gasteiger charge is 2.18. The Labute approximate surface area is 269 Å². The highest BCUT2D eigenvalue weighted by atomic mass is 35.5. The molecule has 0 aliphatic carbocycles. The van der Waals surface area contributed by atoms with E-state index in [1.54, 1.807) is 12.1 Å². The number of hydrogen-bond acceptors (Lipinski definition) is 10. The molecule has 45 heavy (non-hydrogen) atoms. The molecule has 0 aliphatic rings. The largest absolute Gasteiger partial charge is 0.423 e. The third kappa shape index (κ3) is 8.36. The summed E-state index contributed by atoms with van der Waals surface area (Å²) >= 11 is 12.9. The smallest absolute Gasteiger partial charge is 0.343 e. The summed E-state index contributed by atoms with van der Waals surface area (Å²) in [6.07, 6.45) is 1.15. The van der Waals surface area contributed by atoms with Gasteiger partial charge in [-0.25, -0.2) is 15.0 Å². The molecule has 14 heteroatoms. The first-order chi connectivity index (χ1) is 21.7. The summed E-state index contributed by atoms with van der Waals surface area (Å²) in [6, 6.07) is 25.5. The summed E-state index contributed by atoms with van der Waals surface area (Å²) < 4.78 is 11.0. The third-order valence-electron chi connectivity index (χ3n) is 5.80. The number of hydrogen-bond donors (Lipinski definition) is 2. The van der Waals surface area contributed by atoms with Crippen LogP contribution in [0.2, 0.25) is 10.0 Å². The molecule has 11 nitrogen and oxygen atoms in total. The van der Waals surface area contributed by atoms with Gasteiger partial charge < -0.3 is 9.47 Å². The van der Waals surface area contributed by atoms with Crippen molar-refractivity contribution in [1.82, 2.24) is 15.6 Å². The molecule has 0 spiro atoms. The van der Waals surface area contributed by atoms with Crippen LogP contribution >= 0.6 is 34.5 Å². The Morgan fingerprint density at radius 1 is 0.733 bits per heavy atom. The van der Waals surface area contributed by atoms with Crippen molar-refractivity contribution >= 4 is 69.6 Å². The van der Waals surface area contributed by atoms with Crippen molar-refractivity contribution in [2.45, 2.75) is 0 Å². The standard InChI is InChI=1S/C31H19Cl2N5O6S/c32-22-11-6-19(7-12-22)29(41)43-24-15-10-21(25(16-24)44-30(42)20-8-13-23(33)14-9-20)17-34-36-27(40)26(39)35-31-38-37-28(45-31)18-4-2-1-3-5-18/h1-17H,(H,36,40)(H,35,38,39). The van der Waals surface area contributed by atoms with Gasteiger partial charge in [0.15, 0.2) is 0 Å². The normalized spacial score (nSPS) is 10.7. The van der Waals surface area contributed by atoms with Gasteiger partial charge in [0, 0.05) is 27.2 Å². The number of halogens is 2. The third-order valence-corrected chi connectivity index (χ3v) is 7.19. The lowest BCUT2D eigenvalue weighted by molar-refractivity contribution is -0.136. The van der Waals surface area contributed by atoms with Gasteiger partial charge in [-0.05, 0) is 60.7 Å². The number of nitrogens with zero attached hydrogens (tertiary/aromatic N) is 3. The van der Waals surface area contributed by atoms with E-state index in [0.717, 1.165) is 23.1 Å². The molecule has 0 bridgehead atoms. The van der Waals surface area contributed by atoms with Gasteiger partial charge in [0.25, 0.3) is 0 Å². The van der Waals surface area contributed by atoms with Crippen molar-refractivity contribution in [3.8, 4) is 22.1 Å². The minimum absolute atomic E-state index is 0.0545. The monoisotopic (exact) mass is 659 g/mol. The van der Waals surface area contributed by atoms with Crippen molar-refractivity contribution in [2.75, 3.05) is 5.32 Å². The molecule has 0 atom stereocenters. The van der Waals surface area contributed by atoms with Crippen molar-refractivity contribution < 1.29 is 28.7 Å². The van der Waals surface area contributed by atoms with E-state index in [1.807, 2.05) is 30.3 Å². The summed E-state index contributed by atoms with van der Waals surface area (Å²) in [4.78, 5) is 50.2. The molecule has 2 amide bonds. The predicted octanol–water partition coefficient (Wildman–Crippen LogP) is 6.04. The molecule has 0 unspecified atom stereocenters. The topological polar surface area (TPSA) is 149 Å². The summed E-state index contributed by atoms with van der Waals surface area (Å²) in [5, 5.41) is 15.6. The lowest BCUT2D eigenvalue weighted by Gasteiger charge is -2.11. The summed E-state index contributed by atoms with van der Waals surface area (Å²) in [7, 11) is 0. The van der Waals surface area contributed by atoms with Gasteiger partial charge in [-0.3, -0.25) is 14.9 Å². The van der Waals surface area contributed by atoms with Gasteiger partial charge in [0.1, 0.15) is 16.5 Å². The maximum absolute atomic E-state index is 12.8. The number of esters is 2. The van der Waals surface area contributed by atoms with E-state index in [2.05, 4.69) is 26.0 Å². The molecule has 0 saturated carbocycles. The Kier molecular flexibility index (Phi) is 9.90. The quantitative estimate of drug-likeness (QED) is 0.0673. The Balaban J connectivity index is 1.28. The van der Waals surface area contributed by atoms with Crippen LogP contribution in [0.1, 0.15) is 26.3 Å². The van der Waals surface area contributed by atoms with E-state index in [1.165, 1.54) is 54.6 Å². The Morgan fingerprint density at radius 3 is 2.00 bits per heavy atom. The summed E-state index contributed by atoms with van der Waals surface area (Å²) in [5.41, 5.74) is 3.57. The zero-order chi connectivity index (χ0) is 31.8. The number of amides is 2. The molecule has 224 valence electrons. The Hall–Kier alpha value is -5.43. The van der Waals surface area contributed by atoms with E-state index in [9.17, 15) is 19.2 Å². The number of nitrogens with one attached hydrogen (secondary N) is 2. The van der Waals surface area contributed by atoms with Crippen LogP contribution in [0.5, 0.6) is 11.5 Å². The molecule has 0 aliphatic heterocycles. The minimum Gasteiger partial charge on any atom is -0.423 e. The second kappa shape index (κ2) is 14.4. The van der Waals surface area contributed by atoms with Crippen molar-refractivity contribution in [3.63, 3.8) is 0 Å². The number of hydrazone groups is 1. The van der Waals surface area contributed by atoms with Crippen LogP contribution in [0.4, 0.5) is 5.13 Å². The number of benzene rings is 4. The Morgan fingerprint density at radius 2 is 1.36 bits per heavy atom. The van der Waals surface area contributed by atoms with Crippen molar-refractivity contribution in [2.24, 2.45) is 5.10 Å². The fourth-order valence-electron chi connectivity index (χ4n) is 3.61. The summed E-state index contributed by atoms with van der Waals surface area (Å²) in [5.74, 6) is -3.52. The molecule has 2 N–H and O–H groups in total. The lowest BCUT2D eigenvalue weighted by atomic mass is 10.2. The van der Waals surface area contributed by atoms with Crippen LogP contribution in [-0.4, -0.2) is 40.2 Å². The molecule has 4 aromatic carbocycles. The average Bonchev–Trinajstić information content (AvgIpc) is 3.51. The molecule has 0 radical (unpaired) electrons. The van der Waals surface area contributed by atoms with E-state index in [-0.39, 0.29) is 33.3 Å². The summed E-state index contributed by atoms with van der Waals surface area (Å²) in [6.45, 7) is 0. The van der Waals surface area contributed by atoms with Gasteiger partial charge in [-0.2, -0.15) is 5.10 Å². The minimum atomic E-state index is -1.09. The fourth-order valence-corrected chi connectivity index (χ4v) is 4.60. The van der Waals surface area contributed by atoms with Crippen LogP contribution in [0.3, 0.4) is 0 Å². The van der Waals surface area contributed by atoms with Gasteiger partial charge in [-0.15, -0.1) is 10.2 Å². The molecule has 5 rings (SSSR count). The fraction of sp³-hybridized carbons (Fsp3) is 0. The Bertz CT molecular complexity index is 1900. The van der Waals surface area contributed by atoms with Crippen LogP contribution in [-0.2, 0) is 9.59 Å². The lowest BCUT2D eigenvalue weighted by Crippen LogP contribution is -2.32. The van der Waals surface area contributed by atoms with E-state index >= 15 is 0 Å². The van der Waals surface area contributed by atoms with E-state index in [0.29, 0.717) is 15.1 Å².